The van der Waals surface area contributed by atoms with Crippen LogP contribution in [0.15, 0.2) is 134 Å². The van der Waals surface area contributed by atoms with Gasteiger partial charge in [0.2, 0.25) is 0 Å². The second kappa shape index (κ2) is 16.5. The predicted octanol–water partition coefficient (Wildman–Crippen LogP) is 17.3. The minimum absolute atomic E-state index is 0.0759. The summed E-state index contributed by atoms with van der Waals surface area (Å²) >= 11 is 0. The van der Waals surface area contributed by atoms with Crippen LogP contribution < -0.4 is 4.90 Å². The summed E-state index contributed by atoms with van der Waals surface area (Å²) in [6.07, 6.45) is 5.41. The summed E-state index contributed by atoms with van der Waals surface area (Å²) < 4.78 is 0. The summed E-state index contributed by atoms with van der Waals surface area (Å²) in [4.78, 5) is 6.48. The Morgan fingerprint density at radius 1 is 0.607 bits per heavy atom. The van der Waals surface area contributed by atoms with E-state index in [1.54, 1.807) is 0 Å². The molecule has 316 valence electrons. The smallest absolute Gasteiger partial charge is 0.0545 e. The monoisotopic (exact) mass is 807 g/mol. The van der Waals surface area contributed by atoms with Crippen LogP contribution in [0.1, 0.15) is 120 Å². The molecule has 0 aliphatic carbocycles. The van der Waals surface area contributed by atoms with Gasteiger partial charge in [-0.25, -0.2) is 0 Å². The molecule has 0 aliphatic rings. The zero-order valence-electron chi connectivity index (χ0n) is 39.6. The van der Waals surface area contributed by atoms with Crippen LogP contribution in [0.4, 0.5) is 5.69 Å². The number of allylic oxidation sites excluding steroid dienone is 2. The highest BCUT2D eigenvalue weighted by Gasteiger charge is 2.27. The van der Waals surface area contributed by atoms with Crippen LogP contribution in [0.2, 0.25) is 0 Å². The average molecular weight is 807 g/mol. The Labute approximate surface area is 367 Å². The molecule has 1 unspecified atom stereocenters. The van der Waals surface area contributed by atoms with Crippen molar-refractivity contribution in [3.8, 4) is 33.4 Å². The zero-order valence-corrected chi connectivity index (χ0v) is 39.6. The van der Waals surface area contributed by atoms with Crippen LogP contribution in [0.5, 0.6) is 0 Å². The first kappa shape index (κ1) is 43.7. The van der Waals surface area contributed by atoms with Crippen molar-refractivity contribution >= 4 is 38.3 Å². The number of rotatable bonds is 10. The maximum Gasteiger partial charge on any atom is 0.0545 e. The molecule has 7 aromatic rings. The largest absolute Gasteiger partial charge is 0.354 e. The van der Waals surface area contributed by atoms with Crippen molar-refractivity contribution in [2.24, 2.45) is 11.8 Å². The number of nitrogens with one attached hydrogen (secondary N) is 1. The molecule has 0 spiro atoms. The topological polar surface area (TPSA) is 19.0 Å². The molecule has 0 saturated heterocycles. The van der Waals surface area contributed by atoms with E-state index < -0.39 is 0 Å². The molecular weight excluding hydrogens is 737 g/mol. The molecule has 0 fully saturated rings. The van der Waals surface area contributed by atoms with E-state index in [2.05, 4.69) is 235 Å². The van der Waals surface area contributed by atoms with Crippen molar-refractivity contribution < 1.29 is 0 Å². The van der Waals surface area contributed by atoms with Gasteiger partial charge in [0.05, 0.1) is 5.52 Å². The van der Waals surface area contributed by atoms with Gasteiger partial charge < -0.3 is 9.88 Å². The molecule has 7 rings (SSSR count). The molecule has 0 amide bonds. The fourth-order valence-electron chi connectivity index (χ4n) is 8.86. The molecule has 6 aromatic carbocycles. The normalized spacial score (nSPS) is 13.8. The average Bonchev–Trinajstić information content (AvgIpc) is 3.60. The number of aromatic nitrogens is 1. The molecule has 2 atom stereocenters. The Morgan fingerprint density at radius 2 is 1.25 bits per heavy atom. The first-order chi connectivity index (χ1) is 28.6. The number of nitrogens with zero attached hydrogens (tertiary/aromatic N) is 1. The highest BCUT2D eigenvalue weighted by molar-refractivity contribution is 6.23. The van der Waals surface area contributed by atoms with E-state index in [0.717, 1.165) is 23.2 Å². The van der Waals surface area contributed by atoms with Crippen LogP contribution in [0.3, 0.4) is 0 Å². The number of benzene rings is 6. The molecule has 1 heterocycles. The summed E-state index contributed by atoms with van der Waals surface area (Å²) in [5, 5.41) is 5.01. The first-order valence-electron chi connectivity index (χ1n) is 22.7. The minimum Gasteiger partial charge on any atom is -0.354 e. The van der Waals surface area contributed by atoms with Crippen molar-refractivity contribution in [3.05, 3.63) is 150 Å². The first-order valence-corrected chi connectivity index (χ1v) is 22.7. The van der Waals surface area contributed by atoms with Gasteiger partial charge in [-0.3, -0.25) is 0 Å². The van der Waals surface area contributed by atoms with E-state index >= 15 is 0 Å². The molecule has 2 heteroatoms. The number of H-pyrrole nitrogens is 1. The van der Waals surface area contributed by atoms with E-state index in [4.69, 9.17) is 0 Å². The van der Waals surface area contributed by atoms with Gasteiger partial charge in [-0.1, -0.05) is 175 Å². The van der Waals surface area contributed by atoms with Crippen molar-refractivity contribution in [2.45, 2.75) is 126 Å². The van der Waals surface area contributed by atoms with Gasteiger partial charge in [-0.2, -0.15) is 0 Å². The lowest BCUT2D eigenvalue weighted by Crippen LogP contribution is -2.38. The Bertz CT molecular complexity index is 2750. The summed E-state index contributed by atoms with van der Waals surface area (Å²) in [5.41, 5.74) is 15.9. The van der Waals surface area contributed by atoms with Gasteiger partial charge in [0, 0.05) is 39.3 Å². The summed E-state index contributed by atoms with van der Waals surface area (Å²) in [6.45, 7) is 37.0. The van der Waals surface area contributed by atoms with Gasteiger partial charge >= 0.3 is 0 Å². The number of aromatic amines is 1. The Balaban J connectivity index is 1.51. The standard InChI is InChI=1S/C59H70N2/c1-16-17-19-38(4)61(40(6)39(5)37(2)3)50-33-46(32-49(36-50)59(13,14)15)52-34-45(41-22-26-47(27-23-41)57(7,8)9)35-53-55-51-28-24-43(30-44(51)25-29-54(55)60-56(52)53)42-20-18-21-48(31-42)58(10,11)12/h17-37,39-40,60H,4,16H2,1-3,5-15H3/b19-17-/t39-,40?/m0/s1. The third kappa shape index (κ3) is 8.88. The summed E-state index contributed by atoms with van der Waals surface area (Å²) in [7, 11) is 0. The maximum absolute atomic E-state index is 4.68. The second-order valence-electron chi connectivity index (χ2n) is 21.2. The lowest BCUT2D eigenvalue weighted by molar-refractivity contribution is 0.356. The highest BCUT2D eigenvalue weighted by Crippen LogP contribution is 2.44. The molecule has 61 heavy (non-hydrogen) atoms. The van der Waals surface area contributed by atoms with Gasteiger partial charge in [0.25, 0.3) is 0 Å². The van der Waals surface area contributed by atoms with E-state index in [1.807, 2.05) is 0 Å². The van der Waals surface area contributed by atoms with Crippen molar-refractivity contribution in [1.29, 1.82) is 0 Å². The number of anilines is 1. The molecule has 2 nitrogen and oxygen atoms in total. The van der Waals surface area contributed by atoms with Gasteiger partial charge in [-0.05, 0) is 139 Å². The van der Waals surface area contributed by atoms with Crippen molar-refractivity contribution in [2.75, 3.05) is 4.90 Å². The molecule has 0 aliphatic heterocycles. The van der Waals surface area contributed by atoms with Crippen molar-refractivity contribution in [1.82, 2.24) is 4.98 Å². The SMILES string of the molecule is C=C(/C=C\CC)N(c1cc(-c2cc(-c3ccc(C(C)(C)C)cc3)cc3c2[nH]c2ccc4cc(-c5cccc(C(C)(C)C)c5)ccc4c23)cc(C(C)(C)C)c1)C(C)[C@@H](C)C(C)C. The third-order valence-corrected chi connectivity index (χ3v) is 13.3. The van der Waals surface area contributed by atoms with Crippen LogP contribution in [0.25, 0.3) is 66.0 Å². The fraction of sp³-hybridized carbons (Fsp3) is 0.356. The zero-order chi connectivity index (χ0) is 44.2. The van der Waals surface area contributed by atoms with Gasteiger partial charge in [-0.15, -0.1) is 0 Å². The molecule has 1 aromatic heterocycles. The second-order valence-corrected chi connectivity index (χ2v) is 21.2. The van der Waals surface area contributed by atoms with E-state index in [0.29, 0.717) is 11.8 Å². The molecule has 0 radical (unpaired) electrons. The third-order valence-electron chi connectivity index (χ3n) is 13.3. The van der Waals surface area contributed by atoms with E-state index in [1.165, 1.54) is 77.3 Å². The number of hydrogen-bond donors (Lipinski definition) is 1. The fourth-order valence-corrected chi connectivity index (χ4v) is 8.86. The van der Waals surface area contributed by atoms with Crippen LogP contribution >= 0.6 is 0 Å². The summed E-state index contributed by atoms with van der Waals surface area (Å²) in [6, 6.07) is 42.3. The van der Waals surface area contributed by atoms with E-state index in [-0.39, 0.29) is 22.3 Å². The Hall–Kier alpha value is -5.34. The van der Waals surface area contributed by atoms with Crippen LogP contribution in [-0.2, 0) is 16.2 Å². The van der Waals surface area contributed by atoms with Gasteiger partial charge in [0.15, 0.2) is 0 Å². The minimum atomic E-state index is -0.0792. The number of hydrogen-bond acceptors (Lipinski definition) is 1. The molecule has 0 bridgehead atoms. The predicted molar refractivity (Wildman–Crippen MR) is 270 cm³/mol. The van der Waals surface area contributed by atoms with Crippen molar-refractivity contribution in [3.63, 3.8) is 0 Å². The molecule has 0 saturated carbocycles. The molecular formula is C59H70N2. The lowest BCUT2D eigenvalue weighted by atomic mass is 9.83. The Kier molecular flexibility index (Phi) is 11.8. The highest BCUT2D eigenvalue weighted by atomic mass is 15.2. The number of fused-ring (bicyclic) bond motifs is 5. The molecule has 1 N–H and O–H groups in total. The summed E-state index contributed by atoms with van der Waals surface area (Å²) in [5.74, 6) is 0.974. The van der Waals surface area contributed by atoms with Gasteiger partial charge in [0.1, 0.15) is 0 Å². The Morgan fingerprint density at radius 3 is 1.89 bits per heavy atom. The van der Waals surface area contributed by atoms with Crippen LogP contribution in [-0.4, -0.2) is 11.0 Å². The van der Waals surface area contributed by atoms with E-state index in [9.17, 15) is 0 Å². The van der Waals surface area contributed by atoms with Crippen LogP contribution in [0, 0.1) is 11.8 Å². The maximum atomic E-state index is 4.68. The quantitative estimate of drug-likeness (QED) is 0.136. The lowest BCUT2D eigenvalue weighted by Gasteiger charge is -2.38.